The van der Waals surface area contributed by atoms with E-state index in [1.165, 1.54) is 0 Å². The summed E-state index contributed by atoms with van der Waals surface area (Å²) in [5.74, 6) is -0.0647. The van der Waals surface area contributed by atoms with Crippen LogP contribution >= 0.6 is 0 Å². The first kappa shape index (κ1) is 16.4. The Kier molecular flexibility index (Phi) is 8.07. The molecule has 0 spiro atoms. The maximum atomic E-state index is 11.1. The first-order chi connectivity index (χ1) is 9.16. The summed E-state index contributed by atoms with van der Waals surface area (Å²) in [4.78, 5) is 11.1. The molecule has 0 aromatic heterocycles. The van der Waals surface area contributed by atoms with Crippen LogP contribution in [-0.2, 0) is 14.3 Å². The number of ether oxygens (including phenoxy) is 2. The molecule has 1 aliphatic heterocycles. The Morgan fingerprint density at radius 2 is 2.00 bits per heavy atom. The topological polar surface area (TPSA) is 47.6 Å². The van der Waals surface area contributed by atoms with Crippen LogP contribution in [0.15, 0.2) is 0 Å². The third kappa shape index (κ3) is 7.53. The predicted molar refractivity (Wildman–Crippen MR) is 76.1 cm³/mol. The zero-order chi connectivity index (χ0) is 14.0. The number of nitrogens with one attached hydrogen (secondary N) is 1. The van der Waals surface area contributed by atoms with Crippen LogP contribution in [0, 0.1) is 5.41 Å². The first-order valence-corrected chi connectivity index (χ1v) is 7.60. The van der Waals surface area contributed by atoms with Crippen LogP contribution in [0.5, 0.6) is 0 Å². The highest BCUT2D eigenvalue weighted by molar-refractivity contribution is 5.69. The molecule has 1 N–H and O–H groups in total. The van der Waals surface area contributed by atoms with Gasteiger partial charge in [-0.2, -0.15) is 0 Å². The molecule has 0 radical (unpaired) electrons. The average molecular weight is 271 g/mol. The predicted octanol–water partition coefficient (Wildman–Crippen LogP) is 2.52. The molecule has 4 heteroatoms. The largest absolute Gasteiger partial charge is 0.466 e. The zero-order valence-electron chi connectivity index (χ0n) is 12.5. The number of hydrogen-bond donors (Lipinski definition) is 1. The maximum absolute atomic E-state index is 11.1. The van der Waals surface area contributed by atoms with Gasteiger partial charge in [-0.1, -0.05) is 13.3 Å². The molecular formula is C15H29NO3. The number of rotatable bonds is 9. The second kappa shape index (κ2) is 9.32. The van der Waals surface area contributed by atoms with Gasteiger partial charge in [0.25, 0.3) is 0 Å². The number of carbonyl (C=O) groups excluding carboxylic acids is 1. The van der Waals surface area contributed by atoms with E-state index in [2.05, 4.69) is 12.2 Å². The molecule has 1 heterocycles. The van der Waals surface area contributed by atoms with Gasteiger partial charge in [0.1, 0.15) is 0 Å². The maximum Gasteiger partial charge on any atom is 0.305 e. The van der Waals surface area contributed by atoms with E-state index in [1.807, 2.05) is 6.92 Å². The van der Waals surface area contributed by atoms with Crippen LogP contribution in [0.1, 0.15) is 52.4 Å². The molecule has 0 saturated carbocycles. The van der Waals surface area contributed by atoms with E-state index in [9.17, 15) is 4.79 Å². The molecule has 0 amide bonds. The van der Waals surface area contributed by atoms with Crippen LogP contribution in [0.4, 0.5) is 0 Å². The van der Waals surface area contributed by atoms with Crippen molar-refractivity contribution < 1.29 is 14.3 Å². The number of unbranched alkanes of at least 4 members (excludes halogenated alkanes) is 2. The smallest absolute Gasteiger partial charge is 0.305 e. The Labute approximate surface area is 117 Å². The summed E-state index contributed by atoms with van der Waals surface area (Å²) in [5.41, 5.74) is 0.406. The summed E-state index contributed by atoms with van der Waals surface area (Å²) in [7, 11) is 0. The lowest BCUT2D eigenvalue weighted by molar-refractivity contribution is -0.143. The standard InChI is InChI=1S/C15H29NO3/c1-3-19-14(17)7-5-4-6-10-16-13-15(2)8-11-18-12-9-15/h16H,3-13H2,1-2H3. The normalized spacial score (nSPS) is 18.2. The van der Waals surface area contributed by atoms with Crippen molar-refractivity contribution in [1.82, 2.24) is 5.32 Å². The van der Waals surface area contributed by atoms with E-state index < -0.39 is 0 Å². The van der Waals surface area contributed by atoms with E-state index in [0.29, 0.717) is 18.4 Å². The molecule has 0 atom stereocenters. The second-order valence-corrected chi connectivity index (χ2v) is 5.72. The minimum Gasteiger partial charge on any atom is -0.466 e. The van der Waals surface area contributed by atoms with Crippen molar-refractivity contribution >= 4 is 5.97 Å². The molecule has 0 unspecified atom stereocenters. The van der Waals surface area contributed by atoms with Gasteiger partial charge in [0.15, 0.2) is 0 Å². The van der Waals surface area contributed by atoms with Gasteiger partial charge < -0.3 is 14.8 Å². The van der Waals surface area contributed by atoms with E-state index in [4.69, 9.17) is 9.47 Å². The molecule has 1 saturated heterocycles. The summed E-state index contributed by atoms with van der Waals surface area (Å²) in [6.07, 6.45) is 6.03. The molecular weight excluding hydrogens is 242 g/mol. The minimum absolute atomic E-state index is 0.0647. The Hall–Kier alpha value is -0.610. The Balaban J connectivity index is 1.92. The van der Waals surface area contributed by atoms with Crippen molar-refractivity contribution in [3.8, 4) is 0 Å². The van der Waals surface area contributed by atoms with Gasteiger partial charge in [0, 0.05) is 26.2 Å². The van der Waals surface area contributed by atoms with Crippen LogP contribution in [-0.4, -0.2) is 38.9 Å². The van der Waals surface area contributed by atoms with Gasteiger partial charge in [-0.3, -0.25) is 4.79 Å². The van der Waals surface area contributed by atoms with Crippen LogP contribution in [0.3, 0.4) is 0 Å². The molecule has 1 rings (SSSR count). The molecule has 0 aromatic carbocycles. The molecule has 4 nitrogen and oxygen atoms in total. The molecule has 1 fully saturated rings. The number of hydrogen-bond acceptors (Lipinski definition) is 4. The lowest BCUT2D eigenvalue weighted by Gasteiger charge is -2.33. The van der Waals surface area contributed by atoms with Crippen molar-refractivity contribution in [1.29, 1.82) is 0 Å². The fraction of sp³-hybridized carbons (Fsp3) is 0.933. The Morgan fingerprint density at radius 1 is 1.26 bits per heavy atom. The summed E-state index contributed by atoms with van der Waals surface area (Å²) >= 11 is 0. The highest BCUT2D eigenvalue weighted by Gasteiger charge is 2.26. The fourth-order valence-corrected chi connectivity index (χ4v) is 2.36. The SMILES string of the molecule is CCOC(=O)CCCCCNCC1(C)CCOCC1. The Morgan fingerprint density at radius 3 is 2.68 bits per heavy atom. The van der Waals surface area contributed by atoms with Crippen molar-refractivity contribution in [2.24, 2.45) is 5.41 Å². The van der Waals surface area contributed by atoms with Gasteiger partial charge in [-0.05, 0) is 44.6 Å². The van der Waals surface area contributed by atoms with Crippen LogP contribution in [0.25, 0.3) is 0 Å². The van der Waals surface area contributed by atoms with E-state index in [-0.39, 0.29) is 5.97 Å². The Bertz CT molecular complexity index is 250. The monoisotopic (exact) mass is 271 g/mol. The van der Waals surface area contributed by atoms with Gasteiger partial charge in [-0.25, -0.2) is 0 Å². The van der Waals surface area contributed by atoms with Crippen molar-refractivity contribution in [3.05, 3.63) is 0 Å². The third-order valence-corrected chi connectivity index (χ3v) is 3.79. The molecule has 19 heavy (non-hydrogen) atoms. The summed E-state index contributed by atoms with van der Waals surface area (Å²) in [5, 5.41) is 3.54. The van der Waals surface area contributed by atoms with Crippen molar-refractivity contribution in [3.63, 3.8) is 0 Å². The fourth-order valence-electron chi connectivity index (χ4n) is 2.36. The van der Waals surface area contributed by atoms with E-state index in [0.717, 1.165) is 58.4 Å². The number of carbonyl (C=O) groups is 1. The van der Waals surface area contributed by atoms with E-state index in [1.54, 1.807) is 0 Å². The van der Waals surface area contributed by atoms with E-state index >= 15 is 0 Å². The molecule has 0 bridgehead atoms. The van der Waals surface area contributed by atoms with Crippen LogP contribution in [0.2, 0.25) is 0 Å². The molecule has 112 valence electrons. The second-order valence-electron chi connectivity index (χ2n) is 5.72. The molecule has 0 aliphatic carbocycles. The number of esters is 1. The zero-order valence-corrected chi connectivity index (χ0v) is 12.5. The van der Waals surface area contributed by atoms with Gasteiger partial charge >= 0.3 is 5.97 Å². The minimum atomic E-state index is -0.0647. The van der Waals surface area contributed by atoms with Crippen LogP contribution < -0.4 is 5.32 Å². The highest BCUT2D eigenvalue weighted by atomic mass is 16.5. The molecule has 0 aromatic rings. The third-order valence-electron chi connectivity index (χ3n) is 3.79. The summed E-state index contributed by atoms with van der Waals surface area (Å²) in [6.45, 7) is 8.59. The summed E-state index contributed by atoms with van der Waals surface area (Å²) < 4.78 is 10.3. The van der Waals surface area contributed by atoms with Crippen molar-refractivity contribution in [2.45, 2.75) is 52.4 Å². The van der Waals surface area contributed by atoms with Gasteiger partial charge in [0.05, 0.1) is 6.61 Å². The molecule has 1 aliphatic rings. The van der Waals surface area contributed by atoms with Gasteiger partial charge in [-0.15, -0.1) is 0 Å². The van der Waals surface area contributed by atoms with Crippen molar-refractivity contribution in [2.75, 3.05) is 32.9 Å². The first-order valence-electron chi connectivity index (χ1n) is 7.60. The lowest BCUT2D eigenvalue weighted by atomic mass is 9.82. The average Bonchev–Trinajstić information content (AvgIpc) is 2.39. The van der Waals surface area contributed by atoms with Gasteiger partial charge in [0.2, 0.25) is 0 Å². The lowest BCUT2D eigenvalue weighted by Crippen LogP contribution is -2.37. The summed E-state index contributed by atoms with van der Waals surface area (Å²) in [6, 6.07) is 0. The quantitative estimate of drug-likeness (QED) is 0.517. The highest BCUT2D eigenvalue weighted by Crippen LogP contribution is 2.28.